The van der Waals surface area contributed by atoms with E-state index in [-0.39, 0.29) is 5.91 Å². The normalized spacial score (nSPS) is 10.3. The fourth-order valence-corrected chi connectivity index (χ4v) is 1.13. The Labute approximate surface area is 75.1 Å². The average Bonchev–Trinajstić information content (AvgIpc) is 2.02. The van der Waals surface area contributed by atoms with E-state index in [2.05, 4.69) is 24.1 Å². The number of carbonyl (C=O) groups is 1. The quantitative estimate of drug-likeness (QED) is 0.644. The first kappa shape index (κ1) is 11.4. The molecule has 3 nitrogen and oxygen atoms in total. The van der Waals surface area contributed by atoms with Gasteiger partial charge in [0.15, 0.2) is 0 Å². The van der Waals surface area contributed by atoms with Crippen LogP contribution in [0.25, 0.3) is 0 Å². The zero-order valence-electron chi connectivity index (χ0n) is 8.39. The van der Waals surface area contributed by atoms with E-state index in [0.29, 0.717) is 0 Å². The maximum absolute atomic E-state index is 10.5. The molecule has 0 aliphatic rings. The lowest BCUT2D eigenvalue weighted by Gasteiger charge is -2.19. The van der Waals surface area contributed by atoms with Crippen LogP contribution < -0.4 is 5.32 Å². The molecule has 0 rings (SSSR count). The van der Waals surface area contributed by atoms with E-state index >= 15 is 0 Å². The fourth-order valence-electron chi connectivity index (χ4n) is 1.13. The van der Waals surface area contributed by atoms with Gasteiger partial charge in [0.25, 0.3) is 0 Å². The summed E-state index contributed by atoms with van der Waals surface area (Å²) in [5, 5.41) is 2.79. The van der Waals surface area contributed by atoms with E-state index in [9.17, 15) is 4.79 Å². The molecule has 0 aliphatic heterocycles. The van der Waals surface area contributed by atoms with Crippen LogP contribution in [0.5, 0.6) is 0 Å². The molecule has 0 aromatic carbocycles. The molecule has 0 aromatic heterocycles. The van der Waals surface area contributed by atoms with Crippen molar-refractivity contribution < 1.29 is 4.79 Å². The van der Waals surface area contributed by atoms with Gasteiger partial charge >= 0.3 is 0 Å². The highest BCUT2D eigenvalue weighted by atomic mass is 16.1. The van der Waals surface area contributed by atoms with Crippen molar-refractivity contribution in [1.29, 1.82) is 0 Å². The second-order valence-electron chi connectivity index (χ2n) is 2.92. The topological polar surface area (TPSA) is 32.3 Å². The molecule has 0 heterocycles. The Bertz CT molecular complexity index is 126. The standard InChI is InChI=1S/C9H20N2O/c1-4-7-11(5-2)8-6-10-9(3)12/h4-8H2,1-3H3,(H,10,12). The molecule has 0 aromatic rings. The number of nitrogens with one attached hydrogen (secondary N) is 1. The van der Waals surface area contributed by atoms with Gasteiger partial charge in [-0.15, -0.1) is 0 Å². The third-order valence-electron chi connectivity index (χ3n) is 1.79. The minimum Gasteiger partial charge on any atom is -0.355 e. The molecule has 72 valence electrons. The van der Waals surface area contributed by atoms with Crippen LogP contribution in [-0.4, -0.2) is 37.0 Å². The summed E-state index contributed by atoms with van der Waals surface area (Å²) in [6, 6.07) is 0. The van der Waals surface area contributed by atoms with Crippen molar-refractivity contribution in [3.63, 3.8) is 0 Å². The molecule has 0 atom stereocenters. The van der Waals surface area contributed by atoms with Gasteiger partial charge in [0.05, 0.1) is 0 Å². The lowest BCUT2D eigenvalue weighted by Crippen LogP contribution is -2.34. The molecule has 0 saturated heterocycles. The Hall–Kier alpha value is -0.570. The molecule has 1 amide bonds. The number of nitrogens with zero attached hydrogens (tertiary/aromatic N) is 1. The highest BCUT2D eigenvalue weighted by molar-refractivity contribution is 5.72. The largest absolute Gasteiger partial charge is 0.355 e. The summed E-state index contributed by atoms with van der Waals surface area (Å²) >= 11 is 0. The number of amides is 1. The second kappa shape index (κ2) is 7.10. The van der Waals surface area contributed by atoms with Crippen LogP contribution >= 0.6 is 0 Å². The van der Waals surface area contributed by atoms with Crippen LogP contribution in [0.1, 0.15) is 27.2 Å². The Morgan fingerprint density at radius 2 is 2.00 bits per heavy atom. The number of carbonyl (C=O) groups excluding carboxylic acids is 1. The molecule has 0 saturated carbocycles. The van der Waals surface area contributed by atoms with Crippen molar-refractivity contribution >= 4 is 5.91 Å². The monoisotopic (exact) mass is 172 g/mol. The summed E-state index contributed by atoms with van der Waals surface area (Å²) < 4.78 is 0. The highest BCUT2D eigenvalue weighted by Crippen LogP contribution is 1.88. The Morgan fingerprint density at radius 1 is 1.33 bits per heavy atom. The molecule has 0 unspecified atom stereocenters. The summed E-state index contributed by atoms with van der Waals surface area (Å²) in [4.78, 5) is 12.9. The molecule has 0 spiro atoms. The lowest BCUT2D eigenvalue weighted by molar-refractivity contribution is -0.119. The van der Waals surface area contributed by atoms with Gasteiger partial charge in [-0.3, -0.25) is 4.79 Å². The van der Waals surface area contributed by atoms with E-state index in [1.165, 1.54) is 6.42 Å². The van der Waals surface area contributed by atoms with Crippen molar-refractivity contribution in [3.05, 3.63) is 0 Å². The van der Waals surface area contributed by atoms with Crippen LogP contribution in [0.2, 0.25) is 0 Å². The van der Waals surface area contributed by atoms with Crippen LogP contribution in [0.15, 0.2) is 0 Å². The van der Waals surface area contributed by atoms with Crippen molar-refractivity contribution in [2.75, 3.05) is 26.2 Å². The van der Waals surface area contributed by atoms with Crippen LogP contribution in [0, 0.1) is 0 Å². The first-order chi connectivity index (χ1) is 5.70. The van der Waals surface area contributed by atoms with Crippen molar-refractivity contribution in [1.82, 2.24) is 10.2 Å². The zero-order valence-corrected chi connectivity index (χ0v) is 8.39. The predicted octanol–water partition coefficient (Wildman–Crippen LogP) is 0.854. The molecule has 12 heavy (non-hydrogen) atoms. The first-order valence-electron chi connectivity index (χ1n) is 4.67. The Morgan fingerprint density at radius 3 is 2.42 bits per heavy atom. The number of likely N-dealkylation sites (N-methyl/N-ethyl adjacent to an activating group) is 1. The molecule has 0 fully saturated rings. The highest BCUT2D eigenvalue weighted by Gasteiger charge is 1.99. The predicted molar refractivity (Wildman–Crippen MR) is 51.1 cm³/mol. The van der Waals surface area contributed by atoms with Crippen LogP contribution in [-0.2, 0) is 4.79 Å². The fraction of sp³-hybridized carbons (Fsp3) is 0.889. The first-order valence-corrected chi connectivity index (χ1v) is 4.67. The van der Waals surface area contributed by atoms with Gasteiger partial charge in [-0.25, -0.2) is 0 Å². The summed E-state index contributed by atoms with van der Waals surface area (Å²) in [7, 11) is 0. The third-order valence-corrected chi connectivity index (χ3v) is 1.79. The molecule has 3 heteroatoms. The van der Waals surface area contributed by atoms with Crippen LogP contribution in [0.3, 0.4) is 0 Å². The lowest BCUT2D eigenvalue weighted by atomic mass is 10.4. The summed E-state index contributed by atoms with van der Waals surface area (Å²) in [5.74, 6) is 0.0579. The van der Waals surface area contributed by atoms with Gasteiger partial charge in [-0.1, -0.05) is 13.8 Å². The van der Waals surface area contributed by atoms with Crippen molar-refractivity contribution in [2.45, 2.75) is 27.2 Å². The minimum absolute atomic E-state index is 0.0579. The molecular weight excluding hydrogens is 152 g/mol. The molecule has 0 aliphatic carbocycles. The van der Waals surface area contributed by atoms with Gasteiger partial charge < -0.3 is 10.2 Å². The summed E-state index contributed by atoms with van der Waals surface area (Å²) in [5.41, 5.74) is 0. The van der Waals surface area contributed by atoms with Gasteiger partial charge in [0, 0.05) is 20.0 Å². The van der Waals surface area contributed by atoms with E-state index in [4.69, 9.17) is 0 Å². The summed E-state index contributed by atoms with van der Waals surface area (Å²) in [6.45, 7) is 9.77. The minimum atomic E-state index is 0.0579. The van der Waals surface area contributed by atoms with Gasteiger partial charge in [0.1, 0.15) is 0 Å². The Kier molecular flexibility index (Phi) is 6.76. The van der Waals surface area contributed by atoms with Gasteiger partial charge in [-0.2, -0.15) is 0 Å². The number of rotatable bonds is 6. The van der Waals surface area contributed by atoms with E-state index in [0.717, 1.165) is 26.2 Å². The SMILES string of the molecule is CCCN(CC)CCNC(C)=O. The van der Waals surface area contributed by atoms with E-state index < -0.39 is 0 Å². The van der Waals surface area contributed by atoms with Crippen LogP contribution in [0.4, 0.5) is 0 Å². The maximum atomic E-state index is 10.5. The maximum Gasteiger partial charge on any atom is 0.216 e. The summed E-state index contributed by atoms with van der Waals surface area (Å²) in [6.07, 6.45) is 1.17. The molecule has 0 bridgehead atoms. The third kappa shape index (κ3) is 6.16. The molecule has 0 radical (unpaired) electrons. The van der Waals surface area contributed by atoms with Gasteiger partial charge in [-0.05, 0) is 19.5 Å². The van der Waals surface area contributed by atoms with E-state index in [1.54, 1.807) is 6.92 Å². The average molecular weight is 172 g/mol. The molecular formula is C9H20N2O. The Balaban J connectivity index is 3.37. The number of hydrogen-bond acceptors (Lipinski definition) is 2. The zero-order chi connectivity index (χ0) is 9.40. The van der Waals surface area contributed by atoms with E-state index in [1.807, 2.05) is 0 Å². The van der Waals surface area contributed by atoms with Crippen molar-refractivity contribution in [2.24, 2.45) is 0 Å². The number of hydrogen-bond donors (Lipinski definition) is 1. The molecule has 1 N–H and O–H groups in total. The smallest absolute Gasteiger partial charge is 0.216 e. The second-order valence-corrected chi connectivity index (χ2v) is 2.92. The van der Waals surface area contributed by atoms with Crippen molar-refractivity contribution in [3.8, 4) is 0 Å². The van der Waals surface area contributed by atoms with Gasteiger partial charge in [0.2, 0.25) is 5.91 Å².